The van der Waals surface area contributed by atoms with Gasteiger partial charge in [0, 0.05) is 34.8 Å². The van der Waals surface area contributed by atoms with E-state index in [1.165, 1.54) is 0 Å². The topological polar surface area (TPSA) is 84.5 Å². The number of amides is 2. The largest absolute Gasteiger partial charge is 0.497 e. The zero-order valence-electron chi connectivity index (χ0n) is 16.4. The second kappa shape index (κ2) is 8.32. The maximum atomic E-state index is 13.0. The molecule has 4 rings (SSSR count). The third kappa shape index (κ3) is 4.09. The molecule has 1 aliphatic carbocycles. The quantitative estimate of drug-likeness (QED) is 0.781. The lowest BCUT2D eigenvalue weighted by Crippen LogP contribution is -2.43. The molecule has 0 spiro atoms. The first kappa shape index (κ1) is 20.2. The molecule has 0 aromatic heterocycles. The molecule has 6 nitrogen and oxygen atoms in total. The van der Waals surface area contributed by atoms with Crippen molar-refractivity contribution in [2.75, 3.05) is 12.4 Å². The van der Waals surface area contributed by atoms with Crippen molar-refractivity contribution >= 4 is 34.9 Å². The Kier molecular flexibility index (Phi) is 5.59. The van der Waals surface area contributed by atoms with Gasteiger partial charge in [-0.25, -0.2) is 0 Å². The van der Waals surface area contributed by atoms with Crippen LogP contribution in [0.1, 0.15) is 30.7 Å². The molecular formula is C23H21ClN2O4. The molecule has 2 aromatic rings. The third-order valence-corrected chi connectivity index (χ3v) is 5.80. The van der Waals surface area contributed by atoms with Crippen LogP contribution in [0.5, 0.6) is 5.75 Å². The molecule has 30 heavy (non-hydrogen) atoms. The number of hydrogen-bond acceptors (Lipinski definition) is 4. The summed E-state index contributed by atoms with van der Waals surface area (Å²) in [5.74, 6) is -0.836. The van der Waals surface area contributed by atoms with Crippen LogP contribution in [0.25, 0.3) is 0 Å². The fraction of sp³-hybridized carbons (Fsp3) is 0.261. The predicted octanol–water partition coefficient (Wildman–Crippen LogP) is 3.82. The lowest BCUT2D eigenvalue weighted by molar-refractivity contribution is -0.129. The minimum Gasteiger partial charge on any atom is -0.497 e. The summed E-state index contributed by atoms with van der Waals surface area (Å²) in [5.41, 5.74) is 2.54. The third-order valence-electron chi connectivity index (χ3n) is 5.55. The van der Waals surface area contributed by atoms with Gasteiger partial charge >= 0.3 is 0 Å². The smallest absolute Gasteiger partial charge is 0.232 e. The summed E-state index contributed by atoms with van der Waals surface area (Å²) in [4.78, 5) is 38.2. The van der Waals surface area contributed by atoms with E-state index in [9.17, 15) is 14.4 Å². The Bertz CT molecular complexity index is 1030. The van der Waals surface area contributed by atoms with Crippen LogP contribution in [0.2, 0.25) is 5.02 Å². The molecule has 0 fully saturated rings. The number of carbonyl (C=O) groups excluding carboxylic acids is 3. The normalized spacial score (nSPS) is 21.0. The molecule has 0 saturated heterocycles. The lowest BCUT2D eigenvalue weighted by Gasteiger charge is -2.33. The van der Waals surface area contributed by atoms with E-state index in [2.05, 4.69) is 10.6 Å². The Hall–Kier alpha value is -3.12. The number of hydrogen-bond donors (Lipinski definition) is 2. The molecule has 0 radical (unpaired) electrons. The molecule has 0 saturated carbocycles. The van der Waals surface area contributed by atoms with Gasteiger partial charge in [0.25, 0.3) is 0 Å². The Balaban J connectivity index is 1.58. The van der Waals surface area contributed by atoms with E-state index >= 15 is 0 Å². The van der Waals surface area contributed by atoms with Gasteiger partial charge in [-0.1, -0.05) is 23.7 Å². The number of benzene rings is 2. The number of ether oxygens (including phenoxy) is 1. The van der Waals surface area contributed by atoms with E-state index in [-0.39, 0.29) is 29.9 Å². The van der Waals surface area contributed by atoms with E-state index in [1.54, 1.807) is 31.4 Å². The van der Waals surface area contributed by atoms with Crippen molar-refractivity contribution in [2.24, 2.45) is 5.92 Å². The van der Waals surface area contributed by atoms with Gasteiger partial charge in [0.05, 0.1) is 13.0 Å². The molecule has 2 aliphatic rings. The Morgan fingerprint density at radius 3 is 2.40 bits per heavy atom. The van der Waals surface area contributed by atoms with E-state index in [1.807, 2.05) is 24.3 Å². The first-order valence-electron chi connectivity index (χ1n) is 9.71. The highest BCUT2D eigenvalue weighted by Crippen LogP contribution is 2.39. The second-order valence-electron chi connectivity index (χ2n) is 7.49. The van der Waals surface area contributed by atoms with Crippen molar-refractivity contribution in [1.82, 2.24) is 5.32 Å². The van der Waals surface area contributed by atoms with Gasteiger partial charge in [-0.15, -0.1) is 0 Å². The highest BCUT2D eigenvalue weighted by molar-refractivity contribution is 6.30. The Morgan fingerprint density at radius 2 is 1.73 bits per heavy atom. The average molecular weight is 425 g/mol. The van der Waals surface area contributed by atoms with Crippen LogP contribution in [0, 0.1) is 5.92 Å². The number of carbonyl (C=O) groups is 3. The highest BCUT2D eigenvalue weighted by Gasteiger charge is 2.40. The van der Waals surface area contributed by atoms with Crippen LogP contribution < -0.4 is 15.4 Å². The van der Waals surface area contributed by atoms with Crippen LogP contribution in [0.3, 0.4) is 0 Å². The maximum Gasteiger partial charge on any atom is 0.232 e. The molecule has 1 aliphatic heterocycles. The fourth-order valence-electron chi connectivity index (χ4n) is 4.06. The molecule has 2 amide bonds. The monoisotopic (exact) mass is 424 g/mol. The van der Waals surface area contributed by atoms with Crippen molar-refractivity contribution in [3.63, 3.8) is 0 Å². The average Bonchev–Trinajstić information content (AvgIpc) is 2.74. The maximum absolute atomic E-state index is 13.0. The predicted molar refractivity (Wildman–Crippen MR) is 113 cm³/mol. The number of rotatable bonds is 4. The van der Waals surface area contributed by atoms with Gasteiger partial charge in [0.15, 0.2) is 5.78 Å². The molecule has 0 unspecified atom stereocenters. The summed E-state index contributed by atoms with van der Waals surface area (Å²) in [6.45, 7) is 0. The highest BCUT2D eigenvalue weighted by atomic mass is 35.5. The van der Waals surface area contributed by atoms with Crippen molar-refractivity contribution in [3.8, 4) is 5.75 Å². The van der Waals surface area contributed by atoms with Crippen molar-refractivity contribution < 1.29 is 19.1 Å². The first-order valence-corrected chi connectivity index (χ1v) is 10.1. The number of allylic oxidation sites excluding steroid dienone is 1. The van der Waals surface area contributed by atoms with Crippen LogP contribution in [0.4, 0.5) is 5.69 Å². The van der Waals surface area contributed by atoms with Gasteiger partial charge in [-0.05, 0) is 54.3 Å². The van der Waals surface area contributed by atoms with Crippen molar-refractivity contribution in [1.29, 1.82) is 0 Å². The molecule has 0 bridgehead atoms. The molecule has 1 heterocycles. The molecular weight excluding hydrogens is 404 g/mol. The Morgan fingerprint density at radius 1 is 1.03 bits per heavy atom. The van der Waals surface area contributed by atoms with Gasteiger partial charge in [0.2, 0.25) is 11.8 Å². The molecule has 2 aromatic carbocycles. The van der Waals surface area contributed by atoms with E-state index < -0.39 is 5.92 Å². The van der Waals surface area contributed by atoms with Gasteiger partial charge in [0.1, 0.15) is 5.75 Å². The zero-order valence-corrected chi connectivity index (χ0v) is 17.2. The number of methoxy groups -OCH3 is 1. The number of anilines is 1. The number of halogens is 1. The Labute approximate surface area is 179 Å². The standard InChI is InChI=1S/C23H21ClN2O4/c1-30-17-8-2-13(3-9-17)14-10-19-22(20(27)11-14)18(12-21(28)26-19)23(29)25-16-6-4-15(24)5-7-16/h2-9,14,18H,10-12H2,1H3,(H,25,29)(H,26,28)/t14-,18-/m0/s1. The minimum atomic E-state index is -0.797. The molecule has 7 heteroatoms. The van der Waals surface area contributed by atoms with Gasteiger partial charge < -0.3 is 15.4 Å². The summed E-state index contributed by atoms with van der Waals surface area (Å²) in [7, 11) is 1.60. The zero-order chi connectivity index (χ0) is 21.3. The summed E-state index contributed by atoms with van der Waals surface area (Å²) in [6.07, 6.45) is 0.757. The van der Waals surface area contributed by atoms with Crippen molar-refractivity contribution in [3.05, 3.63) is 70.4 Å². The van der Waals surface area contributed by atoms with Crippen LogP contribution in [-0.2, 0) is 14.4 Å². The molecule has 154 valence electrons. The van der Waals surface area contributed by atoms with Crippen LogP contribution >= 0.6 is 11.6 Å². The van der Waals surface area contributed by atoms with E-state index in [4.69, 9.17) is 16.3 Å². The summed E-state index contributed by atoms with van der Waals surface area (Å²) < 4.78 is 5.19. The lowest BCUT2D eigenvalue weighted by atomic mass is 9.75. The fourth-order valence-corrected chi connectivity index (χ4v) is 4.18. The van der Waals surface area contributed by atoms with Gasteiger partial charge in [-0.3, -0.25) is 14.4 Å². The summed E-state index contributed by atoms with van der Waals surface area (Å²) >= 11 is 5.88. The van der Waals surface area contributed by atoms with E-state index in [0.717, 1.165) is 11.3 Å². The SMILES string of the molecule is COc1ccc([C@@H]2CC(=O)C3=C(C2)NC(=O)C[C@@H]3C(=O)Nc2ccc(Cl)cc2)cc1. The number of ketones is 1. The summed E-state index contributed by atoms with van der Waals surface area (Å²) in [6, 6.07) is 14.3. The molecule has 2 N–H and O–H groups in total. The van der Waals surface area contributed by atoms with Gasteiger partial charge in [-0.2, -0.15) is 0 Å². The van der Waals surface area contributed by atoms with E-state index in [0.29, 0.717) is 34.8 Å². The first-order chi connectivity index (χ1) is 14.4. The van der Waals surface area contributed by atoms with Crippen LogP contribution in [-0.4, -0.2) is 24.7 Å². The summed E-state index contributed by atoms with van der Waals surface area (Å²) in [5, 5.41) is 6.17. The van der Waals surface area contributed by atoms with Crippen LogP contribution in [0.15, 0.2) is 59.8 Å². The minimum absolute atomic E-state index is 0.0444. The van der Waals surface area contributed by atoms with Crippen molar-refractivity contribution in [2.45, 2.75) is 25.2 Å². The second-order valence-corrected chi connectivity index (χ2v) is 7.93. The molecule has 2 atom stereocenters. The number of nitrogens with one attached hydrogen (secondary N) is 2. The number of Topliss-reactive ketones (excluding diaryl/α,β-unsaturated/α-hetero) is 1.